The third kappa shape index (κ3) is 3.21. The van der Waals surface area contributed by atoms with Crippen LogP contribution in [0.15, 0.2) is 47.3 Å². The summed E-state index contributed by atoms with van der Waals surface area (Å²) in [5.74, 6) is 0. The lowest BCUT2D eigenvalue weighted by Gasteiger charge is -2.11. The molecule has 0 radical (unpaired) electrons. The molecule has 124 valence electrons. The Balaban J connectivity index is 1.96. The molecule has 7 heteroatoms. The SMILES string of the molecule is CN(C)Cc1cccc(Cn2[nH]c(=O)c3cc([N+](=O)[O-])ccc32)c1. The third-order valence-electron chi connectivity index (χ3n) is 3.79. The number of aromatic nitrogens is 2. The van der Waals surface area contributed by atoms with Crippen LogP contribution in [0.25, 0.3) is 10.9 Å². The summed E-state index contributed by atoms with van der Waals surface area (Å²) in [7, 11) is 4.02. The largest absolute Gasteiger partial charge is 0.305 e. The minimum Gasteiger partial charge on any atom is -0.305 e. The molecule has 0 unspecified atom stereocenters. The van der Waals surface area contributed by atoms with E-state index < -0.39 is 4.92 Å². The molecule has 2 aromatic carbocycles. The first-order valence-electron chi connectivity index (χ1n) is 7.53. The van der Waals surface area contributed by atoms with E-state index in [1.807, 2.05) is 26.2 Å². The van der Waals surface area contributed by atoms with Crippen LogP contribution in [0.2, 0.25) is 0 Å². The summed E-state index contributed by atoms with van der Waals surface area (Å²) < 4.78 is 1.72. The number of benzene rings is 2. The predicted octanol–water partition coefficient (Wildman–Crippen LogP) is 2.35. The van der Waals surface area contributed by atoms with Crippen molar-refractivity contribution in [1.29, 1.82) is 0 Å². The Morgan fingerprint density at radius 1 is 1.17 bits per heavy atom. The summed E-state index contributed by atoms with van der Waals surface area (Å²) in [6, 6.07) is 12.5. The van der Waals surface area contributed by atoms with E-state index in [0.29, 0.717) is 17.4 Å². The number of nitro groups is 1. The molecule has 1 heterocycles. The number of fused-ring (bicyclic) bond motifs is 1. The van der Waals surface area contributed by atoms with Gasteiger partial charge in [0, 0.05) is 18.7 Å². The Morgan fingerprint density at radius 2 is 1.92 bits per heavy atom. The minimum absolute atomic E-state index is 0.0845. The maximum Gasteiger partial charge on any atom is 0.272 e. The molecule has 3 rings (SSSR count). The van der Waals surface area contributed by atoms with E-state index in [1.54, 1.807) is 10.7 Å². The Morgan fingerprint density at radius 3 is 2.62 bits per heavy atom. The van der Waals surface area contributed by atoms with Gasteiger partial charge < -0.3 is 4.90 Å². The van der Waals surface area contributed by atoms with E-state index in [-0.39, 0.29) is 11.2 Å². The van der Waals surface area contributed by atoms with Crippen LogP contribution in [0.3, 0.4) is 0 Å². The quantitative estimate of drug-likeness (QED) is 0.576. The molecular weight excluding hydrogens is 308 g/mol. The maximum atomic E-state index is 12.1. The van der Waals surface area contributed by atoms with Crippen molar-refractivity contribution in [2.75, 3.05) is 14.1 Å². The molecule has 24 heavy (non-hydrogen) atoms. The Kier molecular flexibility index (Phi) is 4.18. The molecule has 7 nitrogen and oxygen atoms in total. The Labute approximate surface area is 138 Å². The summed E-state index contributed by atoms with van der Waals surface area (Å²) >= 11 is 0. The van der Waals surface area contributed by atoms with E-state index in [1.165, 1.54) is 17.7 Å². The molecule has 0 fully saturated rings. The number of non-ortho nitro benzene ring substituents is 1. The highest BCUT2D eigenvalue weighted by atomic mass is 16.6. The topological polar surface area (TPSA) is 84.2 Å². The number of H-pyrrole nitrogens is 1. The van der Waals surface area contributed by atoms with E-state index in [4.69, 9.17) is 0 Å². The van der Waals surface area contributed by atoms with E-state index >= 15 is 0 Å². The van der Waals surface area contributed by atoms with Crippen LogP contribution in [-0.2, 0) is 13.1 Å². The van der Waals surface area contributed by atoms with Crippen molar-refractivity contribution >= 4 is 16.6 Å². The Hall–Kier alpha value is -2.93. The highest BCUT2D eigenvalue weighted by Crippen LogP contribution is 2.19. The fourth-order valence-corrected chi connectivity index (χ4v) is 2.80. The third-order valence-corrected chi connectivity index (χ3v) is 3.79. The number of nitro benzene ring substituents is 1. The van der Waals surface area contributed by atoms with Crippen molar-refractivity contribution in [3.63, 3.8) is 0 Å². The summed E-state index contributed by atoms with van der Waals surface area (Å²) in [5.41, 5.74) is 2.49. The first-order valence-corrected chi connectivity index (χ1v) is 7.53. The van der Waals surface area contributed by atoms with Crippen LogP contribution < -0.4 is 5.56 Å². The van der Waals surface area contributed by atoms with Gasteiger partial charge in [-0.15, -0.1) is 0 Å². The van der Waals surface area contributed by atoms with Crippen molar-refractivity contribution in [2.24, 2.45) is 0 Å². The summed E-state index contributed by atoms with van der Waals surface area (Å²) in [6.45, 7) is 1.33. The average Bonchev–Trinajstić information content (AvgIpc) is 2.83. The van der Waals surface area contributed by atoms with Gasteiger partial charge >= 0.3 is 0 Å². The monoisotopic (exact) mass is 326 g/mol. The second kappa shape index (κ2) is 6.29. The van der Waals surface area contributed by atoms with Gasteiger partial charge in [-0.1, -0.05) is 24.3 Å². The van der Waals surface area contributed by atoms with E-state index in [2.05, 4.69) is 22.1 Å². The maximum absolute atomic E-state index is 12.1. The fourth-order valence-electron chi connectivity index (χ4n) is 2.80. The molecule has 1 aromatic heterocycles. The normalized spacial score (nSPS) is 11.3. The van der Waals surface area contributed by atoms with Gasteiger partial charge in [0.2, 0.25) is 0 Å². The average molecular weight is 326 g/mol. The molecular formula is C17H18N4O3. The Bertz CT molecular complexity index is 956. The van der Waals surface area contributed by atoms with Crippen LogP contribution in [0.4, 0.5) is 5.69 Å². The number of hydrogen-bond acceptors (Lipinski definition) is 4. The van der Waals surface area contributed by atoms with Crippen molar-refractivity contribution in [2.45, 2.75) is 13.1 Å². The highest BCUT2D eigenvalue weighted by Gasteiger charge is 2.12. The van der Waals surface area contributed by atoms with Crippen molar-refractivity contribution < 1.29 is 4.92 Å². The van der Waals surface area contributed by atoms with Gasteiger partial charge in [-0.25, -0.2) is 0 Å². The number of nitrogens with one attached hydrogen (secondary N) is 1. The fraction of sp³-hybridized carbons (Fsp3) is 0.235. The second-order valence-corrected chi connectivity index (χ2v) is 6.04. The van der Waals surface area contributed by atoms with Crippen LogP contribution in [-0.4, -0.2) is 33.7 Å². The lowest BCUT2D eigenvalue weighted by molar-refractivity contribution is -0.384. The number of hydrogen-bond donors (Lipinski definition) is 1. The van der Waals surface area contributed by atoms with Crippen LogP contribution >= 0.6 is 0 Å². The smallest absolute Gasteiger partial charge is 0.272 e. The highest BCUT2D eigenvalue weighted by molar-refractivity contribution is 5.81. The molecule has 0 amide bonds. The van der Waals surface area contributed by atoms with Gasteiger partial charge in [-0.2, -0.15) is 0 Å². The van der Waals surface area contributed by atoms with Crippen LogP contribution in [0.5, 0.6) is 0 Å². The molecule has 0 spiro atoms. The first-order chi connectivity index (χ1) is 11.4. The zero-order valence-electron chi connectivity index (χ0n) is 13.5. The standard InChI is InChI=1S/C17H18N4O3/c1-19(2)10-12-4-3-5-13(8-12)11-20-16-7-6-14(21(23)24)9-15(16)17(22)18-20/h3-9H,10-11H2,1-2H3,(H,18,22). The van der Waals surface area contributed by atoms with Gasteiger partial charge in [0.05, 0.1) is 22.4 Å². The van der Waals surface area contributed by atoms with Crippen LogP contribution in [0.1, 0.15) is 11.1 Å². The molecule has 0 aliphatic carbocycles. The van der Waals surface area contributed by atoms with E-state index in [9.17, 15) is 14.9 Å². The van der Waals surface area contributed by atoms with Gasteiger partial charge in [0.25, 0.3) is 11.2 Å². The van der Waals surface area contributed by atoms with Crippen molar-refractivity contribution in [3.05, 3.63) is 74.1 Å². The van der Waals surface area contributed by atoms with Gasteiger partial charge in [-0.3, -0.25) is 24.7 Å². The molecule has 0 aliphatic rings. The molecule has 0 saturated heterocycles. The molecule has 3 aromatic rings. The molecule has 0 atom stereocenters. The van der Waals surface area contributed by atoms with Crippen LogP contribution in [0, 0.1) is 10.1 Å². The zero-order valence-corrected chi connectivity index (χ0v) is 13.5. The second-order valence-electron chi connectivity index (χ2n) is 6.04. The molecule has 0 bridgehead atoms. The number of rotatable bonds is 5. The van der Waals surface area contributed by atoms with Crippen molar-refractivity contribution in [3.8, 4) is 0 Å². The lowest BCUT2D eigenvalue weighted by atomic mass is 10.1. The zero-order chi connectivity index (χ0) is 17.3. The van der Waals surface area contributed by atoms with E-state index in [0.717, 1.165) is 12.1 Å². The van der Waals surface area contributed by atoms with Gasteiger partial charge in [0.15, 0.2) is 0 Å². The summed E-state index contributed by atoms with van der Waals surface area (Å²) in [4.78, 5) is 24.5. The lowest BCUT2D eigenvalue weighted by Crippen LogP contribution is -2.11. The first kappa shape index (κ1) is 15.9. The number of nitrogens with zero attached hydrogens (tertiary/aromatic N) is 3. The van der Waals surface area contributed by atoms with Crippen molar-refractivity contribution in [1.82, 2.24) is 14.7 Å². The number of aromatic amines is 1. The molecule has 0 saturated carbocycles. The molecule has 1 N–H and O–H groups in total. The minimum atomic E-state index is -0.499. The summed E-state index contributed by atoms with van der Waals surface area (Å²) in [5, 5.41) is 13.9. The summed E-state index contributed by atoms with van der Waals surface area (Å²) in [6.07, 6.45) is 0. The van der Waals surface area contributed by atoms with Gasteiger partial charge in [0.1, 0.15) is 0 Å². The predicted molar refractivity (Wildman–Crippen MR) is 92.1 cm³/mol. The molecule has 0 aliphatic heterocycles. The van der Waals surface area contributed by atoms with Gasteiger partial charge in [-0.05, 0) is 31.3 Å².